The van der Waals surface area contributed by atoms with Gasteiger partial charge in [-0.2, -0.15) is 43.2 Å². The molecule has 3 aliphatic rings. The van der Waals surface area contributed by atoms with E-state index in [-0.39, 0.29) is 71.4 Å². The van der Waals surface area contributed by atoms with E-state index in [2.05, 4.69) is 35.9 Å². The molecule has 0 unspecified atom stereocenters. The van der Waals surface area contributed by atoms with Crippen LogP contribution >= 0.6 is 0 Å². The van der Waals surface area contributed by atoms with Crippen LogP contribution in [0.5, 0.6) is 0 Å². The largest absolute Gasteiger partial charge is 0.480 e. The van der Waals surface area contributed by atoms with E-state index in [9.17, 15) is 71.4 Å². The first kappa shape index (κ1) is 66.2. The number of unbranched alkanes of at least 4 members (excludes halogenated alkanes) is 3. The highest BCUT2D eigenvalue weighted by Crippen LogP contribution is 2.49. The second kappa shape index (κ2) is 26.6. The van der Waals surface area contributed by atoms with Crippen LogP contribution in [-0.2, 0) is 62.6 Å². The normalized spacial score (nSPS) is 17.2. The number of hydrogen-bond acceptors (Lipinski definition) is 18. The number of aromatic nitrogens is 4. The van der Waals surface area contributed by atoms with Gasteiger partial charge in [-0.15, -0.1) is 0 Å². The lowest BCUT2D eigenvalue weighted by atomic mass is 9.81. The van der Waals surface area contributed by atoms with Crippen molar-refractivity contribution in [2.75, 3.05) is 47.1 Å². The summed E-state index contributed by atoms with van der Waals surface area (Å²) in [5, 5.41) is 19.6. The summed E-state index contributed by atoms with van der Waals surface area (Å²) in [6, 6.07) is 13.6. The molecular weight excluding hydrogens is 1220 g/mol. The Bertz CT molecular complexity index is 4260. The summed E-state index contributed by atoms with van der Waals surface area (Å²) in [5.41, 5.74) is 11.0. The standard InChI is InChI=1S/C58H70N10O16S4/c1-57(2)43-32-41(87(79,80)81)21-23-46(43)67(28-7-9-30-85(73,74)75)48(57)25-17-36-12-11-13-37(18-26-49-58(3,4)44-33-42(88(82,83)84)22-24-47(44)68(49)29-8-10-31-86(76,77)78)50(36)60-27-6-5-14-45(55(71)72)64-53(69)38-15-19-39(20-16-38)61-34-40-35-62-52-51(63-40)54(70)66-56(59)65-52/h15-26,32-33,35,45H,5-14,27-31,34H2,1-4H3,(H10,59,61,62,64,65,66,69,70,71,72,73,74,75,76,77,78,79,80,81,82,83,84)/p+1/b36-17+,48-25+/t45-/m0/s1. The minimum absolute atomic E-state index is 0.0181. The minimum atomic E-state index is -4.60. The maximum absolute atomic E-state index is 13.4. The average Bonchev–Trinajstić information content (AvgIpc) is 1.80. The number of carbonyl (C=O) groups excluding carboxylic acids is 1. The van der Waals surface area contributed by atoms with Crippen molar-refractivity contribution in [3.05, 3.63) is 146 Å². The molecule has 26 nitrogen and oxygen atoms in total. The van der Waals surface area contributed by atoms with Crippen LogP contribution in [-0.4, -0.2) is 136 Å². The lowest BCUT2D eigenvalue weighted by Crippen LogP contribution is -2.40. The second-order valence-electron chi connectivity index (χ2n) is 22.8. The predicted octanol–water partition coefficient (Wildman–Crippen LogP) is 6.36. The van der Waals surface area contributed by atoms with Gasteiger partial charge in [0.1, 0.15) is 12.6 Å². The summed E-state index contributed by atoms with van der Waals surface area (Å²) in [5.74, 6) is -2.86. The molecule has 2 aromatic heterocycles. The quantitative estimate of drug-likeness (QED) is 0.0155. The molecule has 0 radical (unpaired) electrons. The molecule has 472 valence electrons. The van der Waals surface area contributed by atoms with Gasteiger partial charge in [-0.05, 0) is 149 Å². The van der Waals surface area contributed by atoms with Gasteiger partial charge in [-0.1, -0.05) is 26.0 Å². The Kier molecular flexibility index (Phi) is 20.0. The number of aliphatic carboxylic acids is 1. The number of amides is 1. The number of H-pyrrole nitrogens is 1. The molecule has 30 heteroatoms. The monoisotopic (exact) mass is 1290 g/mol. The number of hydrogen-bond donors (Lipinski definition) is 10. The smallest absolute Gasteiger partial charge is 0.326 e. The Morgan fingerprint density at radius 3 is 2.09 bits per heavy atom. The number of nitrogens with two attached hydrogens (primary N) is 1. The Morgan fingerprint density at radius 1 is 0.773 bits per heavy atom. The summed E-state index contributed by atoms with van der Waals surface area (Å²) in [4.78, 5) is 54.5. The van der Waals surface area contributed by atoms with E-state index in [1.165, 1.54) is 42.6 Å². The molecule has 88 heavy (non-hydrogen) atoms. The Labute approximate surface area is 509 Å². The predicted molar refractivity (Wildman–Crippen MR) is 330 cm³/mol. The molecule has 0 fully saturated rings. The van der Waals surface area contributed by atoms with Gasteiger partial charge < -0.3 is 31.7 Å². The number of benzene rings is 3. The van der Waals surface area contributed by atoms with Crippen LogP contribution in [0.25, 0.3) is 11.2 Å². The van der Waals surface area contributed by atoms with Gasteiger partial charge in [0.2, 0.25) is 11.6 Å². The molecular formula is C58H71N10O16S4+. The summed E-state index contributed by atoms with van der Waals surface area (Å²) in [7, 11) is -17.7. The van der Waals surface area contributed by atoms with Gasteiger partial charge in [-0.3, -0.25) is 32.8 Å². The maximum Gasteiger partial charge on any atom is 0.326 e. The van der Waals surface area contributed by atoms with Gasteiger partial charge in [0.05, 0.1) is 45.1 Å². The summed E-state index contributed by atoms with van der Waals surface area (Å²) >= 11 is 0. The van der Waals surface area contributed by atoms with Crippen LogP contribution in [0.15, 0.2) is 128 Å². The van der Waals surface area contributed by atoms with Crippen molar-refractivity contribution in [1.82, 2.24) is 30.6 Å². The van der Waals surface area contributed by atoms with Gasteiger partial charge in [0, 0.05) is 71.0 Å². The molecule has 8 rings (SSSR count). The van der Waals surface area contributed by atoms with Crippen molar-refractivity contribution in [1.29, 1.82) is 0 Å². The Morgan fingerprint density at radius 2 is 1.43 bits per heavy atom. The molecule has 0 bridgehead atoms. The number of carbonyl (C=O) groups is 2. The van der Waals surface area contributed by atoms with Gasteiger partial charge >= 0.3 is 5.97 Å². The Hall–Kier alpha value is -7.71. The number of allylic oxidation sites excluding steroid dienone is 7. The average molecular weight is 1290 g/mol. The molecule has 4 heterocycles. The van der Waals surface area contributed by atoms with Crippen LogP contribution in [0.1, 0.15) is 119 Å². The van der Waals surface area contributed by atoms with Crippen molar-refractivity contribution in [3.8, 4) is 0 Å². The molecule has 3 aromatic carbocycles. The molecule has 0 saturated carbocycles. The van der Waals surface area contributed by atoms with E-state index in [0.717, 1.165) is 28.3 Å². The number of rotatable bonds is 27. The van der Waals surface area contributed by atoms with Crippen molar-refractivity contribution in [2.45, 2.75) is 125 Å². The highest BCUT2D eigenvalue weighted by molar-refractivity contribution is 7.86. The highest BCUT2D eigenvalue weighted by atomic mass is 32.2. The van der Waals surface area contributed by atoms with Gasteiger partial charge in [0.15, 0.2) is 16.9 Å². The van der Waals surface area contributed by atoms with Crippen molar-refractivity contribution < 1.29 is 71.2 Å². The van der Waals surface area contributed by atoms with E-state index in [4.69, 9.17) is 5.73 Å². The fourth-order valence-corrected chi connectivity index (χ4v) is 13.4. The van der Waals surface area contributed by atoms with Crippen LogP contribution in [0, 0.1) is 0 Å². The van der Waals surface area contributed by atoms with Gasteiger partial charge in [0.25, 0.3) is 51.9 Å². The van der Waals surface area contributed by atoms with Crippen molar-refractivity contribution in [3.63, 3.8) is 0 Å². The van der Waals surface area contributed by atoms with Crippen LogP contribution in [0.2, 0.25) is 0 Å². The van der Waals surface area contributed by atoms with E-state index >= 15 is 0 Å². The third-order valence-electron chi connectivity index (χ3n) is 15.7. The summed E-state index contributed by atoms with van der Waals surface area (Å²) in [6.45, 7) is 8.65. The molecule has 11 N–H and O–H groups in total. The molecule has 0 saturated heterocycles. The van der Waals surface area contributed by atoms with Crippen LogP contribution in [0.4, 0.5) is 23.0 Å². The molecule has 2 aliphatic heterocycles. The summed E-state index contributed by atoms with van der Waals surface area (Å²) in [6.07, 6.45) is 12.8. The third-order valence-corrected chi connectivity index (χ3v) is 19.0. The highest BCUT2D eigenvalue weighted by Gasteiger charge is 2.45. The molecule has 1 amide bonds. The first-order chi connectivity index (χ1) is 41.2. The number of nitrogens with one attached hydrogen (secondary N) is 4. The number of anilines is 3. The molecule has 0 spiro atoms. The van der Waals surface area contributed by atoms with Crippen LogP contribution in [0.3, 0.4) is 0 Å². The number of carboxylic acid groups (broad SMARTS) is 1. The number of aromatic amines is 1. The number of nitrogens with zero attached hydrogens (tertiary/aromatic N) is 5. The van der Waals surface area contributed by atoms with Crippen molar-refractivity contribution in [2.24, 2.45) is 0 Å². The third kappa shape index (κ3) is 16.1. The van der Waals surface area contributed by atoms with Crippen molar-refractivity contribution >= 4 is 92.2 Å². The van der Waals surface area contributed by atoms with E-state index in [1.807, 2.05) is 61.5 Å². The second-order valence-corrected chi connectivity index (χ2v) is 28.8. The minimum Gasteiger partial charge on any atom is -0.480 e. The lowest BCUT2D eigenvalue weighted by Gasteiger charge is -2.28. The fraction of sp³-hybridized carbons (Fsp3) is 0.397. The van der Waals surface area contributed by atoms with E-state index in [0.29, 0.717) is 85.4 Å². The van der Waals surface area contributed by atoms with Gasteiger partial charge in [-0.25, -0.2) is 14.8 Å². The first-order valence-electron chi connectivity index (χ1n) is 28.2. The Balaban J connectivity index is 1.06. The molecule has 5 aromatic rings. The zero-order valence-electron chi connectivity index (χ0n) is 48.7. The fourth-order valence-electron chi connectivity index (χ4n) is 11.2. The number of fused-ring (bicyclic) bond motifs is 3. The zero-order valence-corrected chi connectivity index (χ0v) is 52.0. The topological polar surface area (TPSA) is 412 Å². The summed E-state index contributed by atoms with van der Waals surface area (Å²) < 4.78 is 137. The first-order valence-corrected chi connectivity index (χ1v) is 34.3. The SMILES string of the molecule is CC1(C)C(/C=C/C2=C(NCCCC[C@H](NC(=O)c3ccc(NCc4cnc5nc(N)[nH]c(=O)c5n4)cc3)C(=O)O)C(=C/C=C3/N(CCCCS(=O)(=O)O)c4ccc(S(=O)(=O)O)cc4C3(C)C)/CCC2)=[N+](CCCCS(=O)(=O)O)c2ccc(S(=O)(=O)O)cc21. The van der Waals surface area contributed by atoms with E-state index in [1.54, 1.807) is 24.3 Å². The van der Waals surface area contributed by atoms with Crippen LogP contribution < -0.4 is 32.1 Å². The maximum atomic E-state index is 13.4. The lowest BCUT2D eigenvalue weighted by molar-refractivity contribution is -0.438. The molecule has 1 aliphatic carbocycles. The molecule has 1 atom stereocenters. The number of nitrogen functional groups attached to an aromatic ring is 1. The zero-order chi connectivity index (χ0) is 64.1. The number of carboxylic acids is 1. The van der Waals surface area contributed by atoms with E-state index < -0.39 is 86.3 Å².